The van der Waals surface area contributed by atoms with Crippen LogP contribution in [0.5, 0.6) is 28.7 Å². The van der Waals surface area contributed by atoms with Gasteiger partial charge in [-0.05, 0) is 33.6 Å². The zero-order valence-corrected chi connectivity index (χ0v) is 18.9. The Morgan fingerprint density at radius 2 is 1.85 bits per heavy atom. The van der Waals surface area contributed by atoms with E-state index in [9.17, 15) is 25.2 Å². The van der Waals surface area contributed by atoms with Crippen LogP contribution in [0.25, 0.3) is 22.3 Å². The van der Waals surface area contributed by atoms with Crippen LogP contribution < -0.4 is 10.2 Å². The molecule has 4 N–H and O–H groups in total. The molecule has 0 radical (unpaired) electrons. The molecule has 1 atom stereocenters. The molecule has 7 heteroatoms. The topological polar surface area (TPSA) is 120 Å². The molecule has 1 aromatic heterocycles. The summed E-state index contributed by atoms with van der Waals surface area (Å²) < 4.78 is 11.4. The van der Waals surface area contributed by atoms with E-state index in [1.807, 2.05) is 19.9 Å². The van der Waals surface area contributed by atoms with E-state index in [1.165, 1.54) is 13.2 Å². The second-order valence-electron chi connectivity index (χ2n) is 8.66. The van der Waals surface area contributed by atoms with E-state index < -0.39 is 11.3 Å². The molecule has 0 unspecified atom stereocenters. The van der Waals surface area contributed by atoms with Gasteiger partial charge in [0.2, 0.25) is 0 Å². The van der Waals surface area contributed by atoms with E-state index in [-0.39, 0.29) is 69.4 Å². The van der Waals surface area contributed by atoms with Crippen LogP contribution in [-0.2, 0) is 12.8 Å². The van der Waals surface area contributed by atoms with Gasteiger partial charge >= 0.3 is 0 Å². The van der Waals surface area contributed by atoms with Gasteiger partial charge in [0.05, 0.1) is 12.7 Å². The number of benzene rings is 2. The standard InChI is InChI=1S/C26H26O7/c1-11(2)6-7-13-16(27)9-17(28)22-23(30)15-8-14(12(3)4)20-21(26(15)33-25(13)22)18(29)10-19(32-5)24(20)31/h6,9-10,14,27-29,31H,3,7-8H2,1-2,4-5H3/t14-/m1/s1. The Hall–Kier alpha value is -3.87. The van der Waals surface area contributed by atoms with Crippen molar-refractivity contribution in [3.8, 4) is 40.1 Å². The number of phenolic OH excluding ortho intramolecular Hbond substituents is 4. The molecule has 2 aromatic carbocycles. The average molecular weight is 450 g/mol. The fraction of sp³-hybridized carbons (Fsp3) is 0.269. The van der Waals surface area contributed by atoms with Crippen molar-refractivity contribution in [2.45, 2.75) is 39.5 Å². The largest absolute Gasteiger partial charge is 0.507 e. The maximum Gasteiger partial charge on any atom is 0.200 e. The molecule has 1 heterocycles. The van der Waals surface area contributed by atoms with Crippen LogP contribution in [0.4, 0.5) is 0 Å². The lowest BCUT2D eigenvalue weighted by atomic mass is 9.77. The van der Waals surface area contributed by atoms with Crippen molar-refractivity contribution < 1.29 is 29.6 Å². The van der Waals surface area contributed by atoms with Crippen LogP contribution in [0, 0.1) is 0 Å². The molecule has 33 heavy (non-hydrogen) atoms. The van der Waals surface area contributed by atoms with E-state index in [0.29, 0.717) is 16.7 Å². The van der Waals surface area contributed by atoms with Crippen LogP contribution in [0.3, 0.4) is 0 Å². The van der Waals surface area contributed by atoms with Crippen LogP contribution in [-0.4, -0.2) is 27.5 Å². The number of methoxy groups -OCH3 is 1. The predicted octanol–water partition coefficient (Wildman–Crippen LogP) is 5.02. The maximum atomic E-state index is 13.6. The number of aromatic hydroxyl groups is 4. The number of hydrogen-bond acceptors (Lipinski definition) is 7. The second-order valence-corrected chi connectivity index (χ2v) is 8.66. The number of hydrogen-bond donors (Lipinski definition) is 4. The van der Waals surface area contributed by atoms with Gasteiger partial charge in [-0.15, -0.1) is 0 Å². The van der Waals surface area contributed by atoms with Crippen molar-refractivity contribution >= 4 is 11.0 Å². The van der Waals surface area contributed by atoms with Crippen molar-refractivity contribution in [2.24, 2.45) is 0 Å². The molecule has 4 rings (SSSR count). The first-order valence-corrected chi connectivity index (χ1v) is 10.5. The summed E-state index contributed by atoms with van der Waals surface area (Å²) in [6, 6.07) is 2.40. The van der Waals surface area contributed by atoms with Crippen molar-refractivity contribution in [3.63, 3.8) is 0 Å². The fourth-order valence-corrected chi connectivity index (χ4v) is 4.43. The number of phenols is 4. The van der Waals surface area contributed by atoms with Gasteiger partial charge in [-0.1, -0.05) is 23.8 Å². The Labute approximate surface area is 190 Å². The molecule has 0 spiro atoms. The highest BCUT2D eigenvalue weighted by molar-refractivity contribution is 5.92. The summed E-state index contributed by atoms with van der Waals surface area (Å²) in [6.07, 6.45) is 2.29. The Kier molecular flexibility index (Phi) is 5.36. The van der Waals surface area contributed by atoms with E-state index in [2.05, 4.69) is 6.58 Å². The third-order valence-electron chi connectivity index (χ3n) is 6.11. The van der Waals surface area contributed by atoms with Gasteiger partial charge in [0.25, 0.3) is 0 Å². The summed E-state index contributed by atoms with van der Waals surface area (Å²) in [6.45, 7) is 9.57. The molecule has 172 valence electrons. The summed E-state index contributed by atoms with van der Waals surface area (Å²) >= 11 is 0. The zero-order valence-electron chi connectivity index (χ0n) is 18.9. The molecule has 0 aliphatic heterocycles. The summed E-state index contributed by atoms with van der Waals surface area (Å²) in [5, 5.41) is 42.7. The fourth-order valence-electron chi connectivity index (χ4n) is 4.43. The highest BCUT2D eigenvalue weighted by atomic mass is 16.5. The van der Waals surface area contributed by atoms with E-state index in [0.717, 1.165) is 11.6 Å². The maximum absolute atomic E-state index is 13.6. The number of fused-ring (bicyclic) bond motifs is 4. The van der Waals surface area contributed by atoms with Crippen LogP contribution in [0.1, 0.15) is 43.4 Å². The monoisotopic (exact) mass is 450 g/mol. The van der Waals surface area contributed by atoms with Gasteiger partial charge in [-0.2, -0.15) is 0 Å². The quantitative estimate of drug-likeness (QED) is 0.325. The third kappa shape index (κ3) is 3.40. The minimum Gasteiger partial charge on any atom is -0.507 e. The zero-order chi connectivity index (χ0) is 24.2. The van der Waals surface area contributed by atoms with Crippen molar-refractivity contribution in [1.82, 2.24) is 0 Å². The predicted molar refractivity (Wildman–Crippen MR) is 126 cm³/mol. The van der Waals surface area contributed by atoms with Gasteiger partial charge in [-0.3, -0.25) is 4.79 Å². The Morgan fingerprint density at radius 3 is 2.45 bits per heavy atom. The van der Waals surface area contributed by atoms with Gasteiger partial charge in [0, 0.05) is 34.7 Å². The molecule has 1 aliphatic rings. The first-order valence-electron chi connectivity index (χ1n) is 10.5. The van der Waals surface area contributed by atoms with E-state index in [4.69, 9.17) is 9.15 Å². The van der Waals surface area contributed by atoms with Crippen LogP contribution in [0.15, 0.2) is 45.1 Å². The number of allylic oxidation sites excluding steroid dienone is 3. The summed E-state index contributed by atoms with van der Waals surface area (Å²) in [5.41, 5.74) is 2.34. The van der Waals surface area contributed by atoms with Crippen molar-refractivity contribution in [2.75, 3.05) is 7.11 Å². The molecule has 0 amide bonds. The number of ether oxygens (including phenoxy) is 1. The van der Waals surface area contributed by atoms with Gasteiger partial charge in [0.15, 0.2) is 16.9 Å². The van der Waals surface area contributed by atoms with Crippen LogP contribution >= 0.6 is 0 Å². The van der Waals surface area contributed by atoms with E-state index in [1.54, 1.807) is 6.92 Å². The summed E-state index contributed by atoms with van der Waals surface area (Å²) in [7, 11) is 1.38. The Morgan fingerprint density at radius 1 is 1.15 bits per heavy atom. The SMILES string of the molecule is C=C(C)[C@H]1Cc2c(oc3c(CC=C(C)C)c(O)cc(O)c3c2=O)-c2c(O)cc(OC)c(O)c21. The van der Waals surface area contributed by atoms with Crippen LogP contribution in [0.2, 0.25) is 0 Å². The molecular weight excluding hydrogens is 424 g/mol. The highest BCUT2D eigenvalue weighted by Crippen LogP contribution is 2.53. The lowest BCUT2D eigenvalue weighted by Crippen LogP contribution is -2.21. The van der Waals surface area contributed by atoms with Gasteiger partial charge in [-0.25, -0.2) is 0 Å². The lowest BCUT2D eigenvalue weighted by molar-refractivity contribution is 0.363. The molecule has 0 bridgehead atoms. The minimum absolute atomic E-state index is 0.0307. The third-order valence-corrected chi connectivity index (χ3v) is 6.11. The van der Waals surface area contributed by atoms with Crippen molar-refractivity contribution in [3.05, 3.63) is 62.8 Å². The molecule has 0 saturated carbocycles. The van der Waals surface area contributed by atoms with Gasteiger partial charge in [0.1, 0.15) is 34.0 Å². The molecule has 3 aromatic rings. The average Bonchev–Trinajstić information content (AvgIpc) is 2.74. The Bertz CT molecular complexity index is 1410. The summed E-state index contributed by atoms with van der Waals surface area (Å²) in [5.74, 6) is -1.32. The first kappa shape index (κ1) is 22.3. The van der Waals surface area contributed by atoms with E-state index >= 15 is 0 Å². The minimum atomic E-state index is -0.488. The molecular formula is C26H26O7. The Balaban J connectivity index is 2.16. The second kappa shape index (κ2) is 7.92. The molecule has 0 fully saturated rings. The smallest absolute Gasteiger partial charge is 0.200 e. The number of rotatable bonds is 4. The normalized spacial score (nSPS) is 14.5. The molecule has 7 nitrogen and oxygen atoms in total. The summed E-state index contributed by atoms with van der Waals surface area (Å²) in [4.78, 5) is 13.6. The lowest BCUT2D eigenvalue weighted by Gasteiger charge is -2.29. The molecule has 0 saturated heterocycles. The van der Waals surface area contributed by atoms with Crippen molar-refractivity contribution in [1.29, 1.82) is 0 Å². The van der Waals surface area contributed by atoms with Gasteiger partial charge < -0.3 is 29.6 Å². The first-order chi connectivity index (χ1) is 15.6. The molecule has 1 aliphatic carbocycles. The highest BCUT2D eigenvalue weighted by Gasteiger charge is 2.36.